The molecule has 1 aromatic rings. The SMILES string of the molecule is Cn1[c]c(Cl)c(C(C)(C)C)n1. The summed E-state index contributed by atoms with van der Waals surface area (Å²) in [5.74, 6) is 0. The van der Waals surface area contributed by atoms with E-state index in [0.717, 1.165) is 5.69 Å². The summed E-state index contributed by atoms with van der Waals surface area (Å²) in [5.41, 5.74) is 0.913. The van der Waals surface area contributed by atoms with Crippen LogP contribution in [-0.2, 0) is 12.5 Å². The Balaban J connectivity index is 3.13. The number of hydrogen-bond donors (Lipinski definition) is 0. The molecule has 3 heteroatoms. The minimum atomic E-state index is 0.00877. The van der Waals surface area contributed by atoms with Crippen molar-refractivity contribution < 1.29 is 0 Å². The van der Waals surface area contributed by atoms with Gasteiger partial charge in [0.1, 0.15) is 6.20 Å². The van der Waals surface area contributed by atoms with Crippen molar-refractivity contribution in [2.45, 2.75) is 26.2 Å². The summed E-state index contributed by atoms with van der Waals surface area (Å²) in [7, 11) is 1.82. The maximum Gasteiger partial charge on any atom is 0.106 e. The zero-order valence-electron chi connectivity index (χ0n) is 7.27. The van der Waals surface area contributed by atoms with E-state index in [2.05, 4.69) is 32.1 Å². The Morgan fingerprint density at radius 3 is 2.18 bits per heavy atom. The molecule has 0 aliphatic rings. The van der Waals surface area contributed by atoms with E-state index in [0.29, 0.717) is 5.02 Å². The standard InChI is InChI=1S/C8H12ClN2/c1-8(2,3)7-6(9)5-11(4)10-7/h1-4H3. The van der Waals surface area contributed by atoms with Crippen molar-refractivity contribution in [1.82, 2.24) is 9.78 Å². The predicted octanol–water partition coefficient (Wildman–Crippen LogP) is 2.17. The van der Waals surface area contributed by atoms with Crippen LogP contribution in [-0.4, -0.2) is 9.78 Å². The molecule has 1 rings (SSSR count). The minimum absolute atomic E-state index is 0.00877. The minimum Gasteiger partial charge on any atom is -0.264 e. The number of rotatable bonds is 0. The van der Waals surface area contributed by atoms with Crippen molar-refractivity contribution in [3.63, 3.8) is 0 Å². The molecule has 0 amide bonds. The van der Waals surface area contributed by atoms with Gasteiger partial charge in [0.15, 0.2) is 0 Å². The zero-order valence-corrected chi connectivity index (χ0v) is 8.03. The van der Waals surface area contributed by atoms with Crippen LogP contribution in [0.4, 0.5) is 0 Å². The lowest BCUT2D eigenvalue weighted by atomic mass is 9.93. The second-order valence-corrected chi connectivity index (χ2v) is 4.03. The zero-order chi connectivity index (χ0) is 8.65. The van der Waals surface area contributed by atoms with Crippen molar-refractivity contribution in [3.8, 4) is 0 Å². The lowest BCUT2D eigenvalue weighted by Crippen LogP contribution is -2.12. The molecule has 0 aliphatic carbocycles. The average Bonchev–Trinajstić information content (AvgIpc) is 2.08. The maximum atomic E-state index is 5.89. The Labute approximate surface area is 72.2 Å². The highest BCUT2D eigenvalue weighted by Gasteiger charge is 2.20. The highest BCUT2D eigenvalue weighted by molar-refractivity contribution is 6.31. The number of aryl methyl sites for hydroxylation is 1. The van der Waals surface area contributed by atoms with E-state index in [-0.39, 0.29) is 5.41 Å². The van der Waals surface area contributed by atoms with Gasteiger partial charge in [-0.15, -0.1) is 0 Å². The third kappa shape index (κ3) is 1.74. The molecule has 0 unspecified atom stereocenters. The van der Waals surface area contributed by atoms with E-state index in [1.165, 1.54) is 0 Å². The van der Waals surface area contributed by atoms with Crippen LogP contribution in [0.5, 0.6) is 0 Å². The molecule has 0 fully saturated rings. The van der Waals surface area contributed by atoms with E-state index >= 15 is 0 Å². The highest BCUT2D eigenvalue weighted by Crippen LogP contribution is 2.26. The van der Waals surface area contributed by atoms with E-state index in [9.17, 15) is 0 Å². The van der Waals surface area contributed by atoms with Crippen LogP contribution in [0.2, 0.25) is 5.02 Å². The van der Waals surface area contributed by atoms with Crippen LogP contribution in [0.15, 0.2) is 0 Å². The second-order valence-electron chi connectivity index (χ2n) is 3.65. The molecular formula is C8H12ClN2. The lowest BCUT2D eigenvalue weighted by Gasteiger charge is -2.14. The van der Waals surface area contributed by atoms with Gasteiger partial charge in [0, 0.05) is 12.5 Å². The summed E-state index contributed by atoms with van der Waals surface area (Å²) < 4.78 is 1.61. The van der Waals surface area contributed by atoms with Crippen molar-refractivity contribution in [3.05, 3.63) is 16.9 Å². The first-order chi connectivity index (χ1) is 4.91. The van der Waals surface area contributed by atoms with Gasteiger partial charge in [-0.25, -0.2) is 0 Å². The molecule has 0 spiro atoms. The summed E-state index contributed by atoms with van der Waals surface area (Å²) in [5, 5.41) is 4.84. The fourth-order valence-electron chi connectivity index (χ4n) is 0.893. The van der Waals surface area contributed by atoms with Crippen molar-refractivity contribution in [2.75, 3.05) is 0 Å². The maximum absolute atomic E-state index is 5.89. The normalized spacial score (nSPS) is 12.1. The second kappa shape index (κ2) is 2.52. The first-order valence-electron chi connectivity index (χ1n) is 3.53. The van der Waals surface area contributed by atoms with Crippen LogP contribution in [0, 0.1) is 6.20 Å². The van der Waals surface area contributed by atoms with Crippen molar-refractivity contribution in [1.29, 1.82) is 0 Å². The Bertz CT molecular complexity index is 258. The summed E-state index contributed by atoms with van der Waals surface area (Å²) >= 11 is 5.89. The smallest absolute Gasteiger partial charge is 0.106 e. The number of hydrogen-bond acceptors (Lipinski definition) is 1. The Morgan fingerprint density at radius 2 is 2.00 bits per heavy atom. The number of nitrogens with zero attached hydrogens (tertiary/aromatic N) is 2. The molecule has 0 aromatic carbocycles. The third-order valence-corrected chi connectivity index (χ3v) is 1.69. The average molecular weight is 172 g/mol. The topological polar surface area (TPSA) is 17.8 Å². The molecule has 0 aliphatic heterocycles. The molecule has 1 radical (unpaired) electrons. The Hall–Kier alpha value is -0.500. The monoisotopic (exact) mass is 171 g/mol. The van der Waals surface area contributed by atoms with Crippen LogP contribution in [0.25, 0.3) is 0 Å². The first kappa shape index (κ1) is 8.60. The van der Waals surface area contributed by atoms with Gasteiger partial charge in [-0.05, 0) is 0 Å². The van der Waals surface area contributed by atoms with Gasteiger partial charge in [0.05, 0.1) is 10.7 Å². The number of aromatic nitrogens is 2. The van der Waals surface area contributed by atoms with Crippen molar-refractivity contribution >= 4 is 11.6 Å². The molecule has 1 aromatic heterocycles. The van der Waals surface area contributed by atoms with E-state index < -0.39 is 0 Å². The Morgan fingerprint density at radius 1 is 1.45 bits per heavy atom. The van der Waals surface area contributed by atoms with Crippen LogP contribution < -0.4 is 0 Å². The fraction of sp³-hybridized carbons (Fsp3) is 0.625. The summed E-state index contributed by atoms with van der Waals surface area (Å²) in [6.45, 7) is 6.24. The molecule has 1 heterocycles. The first-order valence-corrected chi connectivity index (χ1v) is 3.91. The van der Waals surface area contributed by atoms with E-state index in [1.54, 1.807) is 4.68 Å². The third-order valence-electron chi connectivity index (χ3n) is 1.43. The molecule has 11 heavy (non-hydrogen) atoms. The van der Waals surface area contributed by atoms with E-state index in [1.807, 2.05) is 7.05 Å². The van der Waals surface area contributed by atoms with Crippen molar-refractivity contribution in [2.24, 2.45) is 7.05 Å². The lowest BCUT2D eigenvalue weighted by molar-refractivity contribution is 0.553. The van der Waals surface area contributed by atoms with Gasteiger partial charge in [-0.1, -0.05) is 32.4 Å². The molecule has 61 valence electrons. The Kier molecular flexibility index (Phi) is 1.97. The summed E-state index contributed by atoms with van der Waals surface area (Å²) in [6, 6.07) is 0. The molecule has 0 atom stereocenters. The van der Waals surface area contributed by atoms with Crippen LogP contribution >= 0.6 is 11.6 Å². The highest BCUT2D eigenvalue weighted by atomic mass is 35.5. The fourth-order valence-corrected chi connectivity index (χ4v) is 1.34. The molecular weight excluding hydrogens is 160 g/mol. The van der Waals surface area contributed by atoms with Gasteiger partial charge >= 0.3 is 0 Å². The molecule has 0 saturated carbocycles. The molecule has 0 saturated heterocycles. The molecule has 0 N–H and O–H groups in total. The number of halogens is 1. The van der Waals surface area contributed by atoms with E-state index in [4.69, 9.17) is 11.6 Å². The molecule has 2 nitrogen and oxygen atoms in total. The predicted molar refractivity (Wildman–Crippen MR) is 45.8 cm³/mol. The van der Waals surface area contributed by atoms with Gasteiger partial charge < -0.3 is 0 Å². The van der Waals surface area contributed by atoms with Crippen LogP contribution in [0.3, 0.4) is 0 Å². The summed E-state index contributed by atoms with van der Waals surface area (Å²) in [6.07, 6.45) is 2.89. The quantitative estimate of drug-likeness (QED) is 0.585. The van der Waals surface area contributed by atoms with Crippen LogP contribution in [0.1, 0.15) is 26.5 Å². The molecule has 0 bridgehead atoms. The van der Waals surface area contributed by atoms with Gasteiger partial charge in [-0.3, -0.25) is 4.68 Å². The van der Waals surface area contributed by atoms with Gasteiger partial charge in [-0.2, -0.15) is 5.10 Å². The van der Waals surface area contributed by atoms with Gasteiger partial charge in [0.2, 0.25) is 0 Å². The largest absolute Gasteiger partial charge is 0.264 e. The summed E-state index contributed by atoms with van der Waals surface area (Å²) in [4.78, 5) is 0. The van der Waals surface area contributed by atoms with Gasteiger partial charge in [0.25, 0.3) is 0 Å².